The van der Waals surface area contributed by atoms with Gasteiger partial charge in [-0.1, -0.05) is 29.8 Å². The van der Waals surface area contributed by atoms with Crippen molar-refractivity contribution in [3.63, 3.8) is 0 Å². The van der Waals surface area contributed by atoms with Gasteiger partial charge in [-0.3, -0.25) is 4.98 Å². The van der Waals surface area contributed by atoms with Crippen LogP contribution in [0.2, 0.25) is 5.02 Å². The van der Waals surface area contributed by atoms with Crippen LogP contribution >= 0.6 is 11.6 Å². The third kappa shape index (κ3) is 4.18. The minimum atomic E-state index is 0.416. The largest absolute Gasteiger partial charge is 0.486 e. The van der Waals surface area contributed by atoms with E-state index in [4.69, 9.17) is 21.3 Å². The van der Waals surface area contributed by atoms with E-state index in [1.54, 1.807) is 0 Å². The molecule has 4 rings (SSSR count). The van der Waals surface area contributed by atoms with Crippen LogP contribution in [0.5, 0.6) is 5.75 Å². The number of aryl methyl sites for hydroxylation is 3. The van der Waals surface area contributed by atoms with Crippen molar-refractivity contribution in [2.75, 3.05) is 0 Å². The fraction of sp³-hybridized carbons (Fsp3) is 0.217. The zero-order chi connectivity index (χ0) is 19.3. The molecule has 0 aliphatic heterocycles. The van der Waals surface area contributed by atoms with E-state index in [-0.39, 0.29) is 0 Å². The molecule has 2 heterocycles. The number of benzene rings is 2. The van der Waals surface area contributed by atoms with Crippen molar-refractivity contribution in [2.45, 2.75) is 32.9 Å². The maximum Gasteiger partial charge on any atom is 0.148 e. The van der Waals surface area contributed by atoms with Crippen LogP contribution in [0.4, 0.5) is 0 Å². The number of halogens is 1. The van der Waals surface area contributed by atoms with Crippen molar-refractivity contribution < 1.29 is 4.74 Å². The SMILES string of the molecule is Cc1cccc2c1nc(COc1ccc(Cl)cc1)n2CCCc1ccccn1. The first-order valence-electron chi connectivity index (χ1n) is 9.44. The van der Waals surface area contributed by atoms with E-state index >= 15 is 0 Å². The van der Waals surface area contributed by atoms with Crippen LogP contribution in [0.3, 0.4) is 0 Å². The highest BCUT2D eigenvalue weighted by Crippen LogP contribution is 2.22. The van der Waals surface area contributed by atoms with Crippen molar-refractivity contribution in [3.8, 4) is 5.75 Å². The van der Waals surface area contributed by atoms with Crippen LogP contribution in [-0.4, -0.2) is 14.5 Å². The highest BCUT2D eigenvalue weighted by molar-refractivity contribution is 6.30. The molecule has 0 atom stereocenters. The van der Waals surface area contributed by atoms with Crippen LogP contribution in [0, 0.1) is 6.92 Å². The molecule has 0 N–H and O–H groups in total. The summed E-state index contributed by atoms with van der Waals surface area (Å²) in [7, 11) is 0. The summed E-state index contributed by atoms with van der Waals surface area (Å²) >= 11 is 5.96. The van der Waals surface area contributed by atoms with E-state index in [0.29, 0.717) is 11.6 Å². The molecule has 5 heteroatoms. The van der Waals surface area contributed by atoms with Crippen molar-refractivity contribution in [1.82, 2.24) is 14.5 Å². The van der Waals surface area contributed by atoms with Gasteiger partial charge in [-0.05, 0) is 67.8 Å². The molecule has 2 aromatic carbocycles. The van der Waals surface area contributed by atoms with Crippen LogP contribution < -0.4 is 4.74 Å². The van der Waals surface area contributed by atoms with E-state index in [0.717, 1.165) is 47.7 Å². The first-order valence-corrected chi connectivity index (χ1v) is 9.81. The molecule has 0 amide bonds. The molecule has 0 aliphatic carbocycles. The summed E-state index contributed by atoms with van der Waals surface area (Å²) in [5.74, 6) is 1.72. The van der Waals surface area contributed by atoms with Crippen LogP contribution in [-0.2, 0) is 19.6 Å². The lowest BCUT2D eigenvalue weighted by atomic mass is 10.2. The van der Waals surface area contributed by atoms with Crippen molar-refractivity contribution in [2.24, 2.45) is 0 Å². The summed E-state index contributed by atoms with van der Waals surface area (Å²) in [6, 6.07) is 19.8. The Labute approximate surface area is 169 Å². The molecule has 0 radical (unpaired) electrons. The molecule has 0 saturated heterocycles. The van der Waals surface area contributed by atoms with Gasteiger partial charge in [-0.2, -0.15) is 0 Å². The zero-order valence-electron chi connectivity index (χ0n) is 15.8. The maximum absolute atomic E-state index is 5.97. The number of hydrogen-bond donors (Lipinski definition) is 0. The lowest BCUT2D eigenvalue weighted by molar-refractivity contribution is 0.289. The third-order valence-electron chi connectivity index (χ3n) is 4.78. The number of imidazole rings is 1. The second-order valence-electron chi connectivity index (χ2n) is 6.79. The minimum absolute atomic E-state index is 0.416. The first-order chi connectivity index (χ1) is 13.7. The van der Waals surface area contributed by atoms with E-state index in [1.807, 2.05) is 42.6 Å². The number of para-hydroxylation sites is 1. The summed E-state index contributed by atoms with van der Waals surface area (Å²) in [6.45, 7) is 3.38. The average Bonchev–Trinajstić information content (AvgIpc) is 3.08. The van der Waals surface area contributed by atoms with Gasteiger partial charge in [0, 0.05) is 23.5 Å². The lowest BCUT2D eigenvalue weighted by Gasteiger charge is -2.11. The van der Waals surface area contributed by atoms with Crippen molar-refractivity contribution >= 4 is 22.6 Å². The van der Waals surface area contributed by atoms with Crippen LogP contribution in [0.15, 0.2) is 66.9 Å². The van der Waals surface area contributed by atoms with Gasteiger partial charge in [0.1, 0.15) is 18.2 Å². The molecule has 0 fully saturated rings. The predicted octanol–water partition coefficient (Wildman–Crippen LogP) is 5.60. The lowest BCUT2D eigenvalue weighted by Crippen LogP contribution is -2.08. The van der Waals surface area contributed by atoms with Crippen molar-refractivity contribution in [1.29, 1.82) is 0 Å². The van der Waals surface area contributed by atoms with E-state index in [1.165, 1.54) is 5.56 Å². The number of nitrogens with zero attached hydrogens (tertiary/aromatic N) is 3. The molecular weight excluding hydrogens is 370 g/mol. The molecule has 0 unspecified atom stereocenters. The fourth-order valence-corrected chi connectivity index (χ4v) is 3.46. The Morgan fingerprint density at radius 1 is 1.00 bits per heavy atom. The number of fused-ring (bicyclic) bond motifs is 1. The fourth-order valence-electron chi connectivity index (χ4n) is 3.34. The Bertz CT molecular complexity index is 1060. The van der Waals surface area contributed by atoms with Gasteiger partial charge < -0.3 is 9.30 Å². The standard InChI is InChI=1S/C23H22ClN3O/c1-17-6-4-9-21-23(17)26-22(16-28-20-12-10-18(24)11-13-20)27(21)15-5-8-19-7-2-3-14-25-19/h2-4,6-7,9-14H,5,8,15-16H2,1H3. The maximum atomic E-state index is 5.97. The van der Waals surface area contributed by atoms with Gasteiger partial charge in [-0.15, -0.1) is 0 Å². The topological polar surface area (TPSA) is 39.9 Å². The summed E-state index contributed by atoms with van der Waals surface area (Å²) < 4.78 is 8.23. The normalized spacial score (nSPS) is 11.1. The Morgan fingerprint density at radius 3 is 2.64 bits per heavy atom. The first kappa shape index (κ1) is 18.5. The molecule has 4 nitrogen and oxygen atoms in total. The van der Waals surface area contributed by atoms with Crippen LogP contribution in [0.1, 0.15) is 23.5 Å². The molecule has 4 aromatic rings. The smallest absolute Gasteiger partial charge is 0.148 e. The van der Waals surface area contributed by atoms with Gasteiger partial charge in [0.15, 0.2) is 0 Å². The highest BCUT2D eigenvalue weighted by Gasteiger charge is 2.13. The number of aromatic nitrogens is 3. The second-order valence-corrected chi connectivity index (χ2v) is 7.23. The van der Waals surface area contributed by atoms with E-state index < -0.39 is 0 Å². The Kier molecular flexibility index (Phi) is 5.58. The molecule has 0 aliphatic rings. The van der Waals surface area contributed by atoms with Gasteiger partial charge in [0.05, 0.1) is 11.0 Å². The quantitative estimate of drug-likeness (QED) is 0.411. The molecule has 142 valence electrons. The second kappa shape index (κ2) is 8.44. The van der Waals surface area contributed by atoms with E-state index in [9.17, 15) is 0 Å². The molecule has 28 heavy (non-hydrogen) atoms. The zero-order valence-corrected chi connectivity index (χ0v) is 16.6. The summed E-state index contributed by atoms with van der Waals surface area (Å²) in [4.78, 5) is 9.29. The summed E-state index contributed by atoms with van der Waals surface area (Å²) in [6.07, 6.45) is 3.77. The predicted molar refractivity (Wildman–Crippen MR) is 113 cm³/mol. The van der Waals surface area contributed by atoms with Gasteiger partial charge in [0.25, 0.3) is 0 Å². The van der Waals surface area contributed by atoms with E-state index in [2.05, 4.69) is 40.7 Å². The third-order valence-corrected chi connectivity index (χ3v) is 5.03. The Balaban J connectivity index is 1.55. The Hall–Kier alpha value is -2.85. The van der Waals surface area contributed by atoms with Gasteiger partial charge in [0.2, 0.25) is 0 Å². The minimum Gasteiger partial charge on any atom is -0.486 e. The molecule has 0 spiro atoms. The number of rotatable bonds is 7. The molecule has 0 bridgehead atoms. The summed E-state index contributed by atoms with van der Waals surface area (Å²) in [5, 5.41) is 0.699. The number of hydrogen-bond acceptors (Lipinski definition) is 3. The number of ether oxygens (including phenoxy) is 1. The Morgan fingerprint density at radius 2 is 1.86 bits per heavy atom. The molecule has 0 saturated carbocycles. The number of pyridine rings is 1. The highest BCUT2D eigenvalue weighted by atomic mass is 35.5. The summed E-state index contributed by atoms with van der Waals surface area (Å²) in [5.41, 5.74) is 4.47. The van der Waals surface area contributed by atoms with Crippen molar-refractivity contribution in [3.05, 3.63) is 89.0 Å². The monoisotopic (exact) mass is 391 g/mol. The van der Waals surface area contributed by atoms with Crippen LogP contribution in [0.25, 0.3) is 11.0 Å². The van der Waals surface area contributed by atoms with Gasteiger partial charge in [-0.25, -0.2) is 4.98 Å². The molecule has 2 aromatic heterocycles. The van der Waals surface area contributed by atoms with Gasteiger partial charge >= 0.3 is 0 Å². The average molecular weight is 392 g/mol. The molecular formula is C23H22ClN3O.